The molecule has 0 fully saturated rings. The number of fused-ring (bicyclic) bond motifs is 1. The lowest BCUT2D eigenvalue weighted by Gasteiger charge is -2.25. The molecule has 0 bridgehead atoms. The van der Waals surface area contributed by atoms with Gasteiger partial charge in [0.15, 0.2) is 5.96 Å². The molecule has 8 heteroatoms. The van der Waals surface area contributed by atoms with E-state index in [9.17, 15) is 0 Å². The summed E-state index contributed by atoms with van der Waals surface area (Å²) in [6, 6.07) is 4.23. The molecule has 1 aliphatic rings. The van der Waals surface area contributed by atoms with Gasteiger partial charge in [0, 0.05) is 31.2 Å². The Kier molecular flexibility index (Phi) is 6.17. The number of guanidine groups is 1. The second kappa shape index (κ2) is 8.77. The van der Waals surface area contributed by atoms with Crippen LogP contribution in [0, 0.1) is 0 Å². The standard InChI is InChI=1S/C16H24N6OS/c1-24-10-8-18-16(17-7-6-14-3-2-9-23-14)21-13-4-5-15-19-12-20-22(15)11-13/h2-3,9,12-13H,4-8,10-11H2,1H3,(H2,17,18,21). The number of rotatable bonds is 7. The predicted octanol–water partition coefficient (Wildman–Crippen LogP) is 1.33. The molecule has 0 amide bonds. The van der Waals surface area contributed by atoms with Crippen LogP contribution in [-0.2, 0) is 19.4 Å². The zero-order chi connectivity index (χ0) is 16.6. The van der Waals surface area contributed by atoms with Gasteiger partial charge >= 0.3 is 0 Å². The minimum absolute atomic E-state index is 0.323. The minimum atomic E-state index is 0.323. The lowest BCUT2D eigenvalue weighted by atomic mass is 10.1. The molecule has 0 saturated heterocycles. The van der Waals surface area contributed by atoms with Crippen molar-refractivity contribution < 1.29 is 4.42 Å². The van der Waals surface area contributed by atoms with Crippen LogP contribution in [0.1, 0.15) is 18.0 Å². The van der Waals surface area contributed by atoms with Gasteiger partial charge in [0.1, 0.15) is 17.9 Å². The topological polar surface area (TPSA) is 80.3 Å². The molecule has 130 valence electrons. The first-order valence-corrected chi connectivity index (χ1v) is 9.67. The predicted molar refractivity (Wildman–Crippen MR) is 96.4 cm³/mol. The van der Waals surface area contributed by atoms with E-state index in [4.69, 9.17) is 4.42 Å². The number of nitrogens with zero attached hydrogens (tertiary/aromatic N) is 4. The van der Waals surface area contributed by atoms with Gasteiger partial charge in [0.25, 0.3) is 0 Å². The Morgan fingerprint density at radius 2 is 2.50 bits per heavy atom. The number of thioether (sulfide) groups is 1. The highest BCUT2D eigenvalue weighted by Crippen LogP contribution is 2.11. The van der Waals surface area contributed by atoms with Gasteiger partial charge in [0.05, 0.1) is 19.4 Å². The van der Waals surface area contributed by atoms with Gasteiger partial charge < -0.3 is 15.1 Å². The minimum Gasteiger partial charge on any atom is -0.469 e. The Morgan fingerprint density at radius 1 is 1.54 bits per heavy atom. The molecule has 3 rings (SSSR count). The molecule has 2 N–H and O–H groups in total. The van der Waals surface area contributed by atoms with E-state index in [0.29, 0.717) is 6.04 Å². The van der Waals surface area contributed by atoms with E-state index in [1.165, 1.54) is 0 Å². The van der Waals surface area contributed by atoms with Crippen LogP contribution in [0.25, 0.3) is 0 Å². The molecule has 1 aliphatic heterocycles. The summed E-state index contributed by atoms with van der Waals surface area (Å²) >= 11 is 1.80. The first kappa shape index (κ1) is 16.9. The fourth-order valence-corrected chi connectivity index (χ4v) is 2.98. The molecule has 24 heavy (non-hydrogen) atoms. The third kappa shape index (κ3) is 4.77. The van der Waals surface area contributed by atoms with Crippen molar-refractivity contribution in [1.29, 1.82) is 0 Å². The van der Waals surface area contributed by atoms with Gasteiger partial charge in [-0.15, -0.1) is 0 Å². The van der Waals surface area contributed by atoms with Gasteiger partial charge in [-0.3, -0.25) is 4.99 Å². The third-order valence-electron chi connectivity index (χ3n) is 3.96. The molecule has 0 aromatic carbocycles. The van der Waals surface area contributed by atoms with E-state index in [1.54, 1.807) is 24.4 Å². The molecule has 1 atom stereocenters. The average molecular weight is 348 g/mol. The number of nitrogens with one attached hydrogen (secondary N) is 2. The van der Waals surface area contributed by atoms with Crippen LogP contribution >= 0.6 is 11.8 Å². The second-order valence-corrected chi connectivity index (χ2v) is 6.70. The normalized spacial score (nSPS) is 17.5. The molecule has 7 nitrogen and oxygen atoms in total. The highest BCUT2D eigenvalue weighted by molar-refractivity contribution is 7.98. The van der Waals surface area contributed by atoms with Crippen LogP contribution in [-0.4, -0.2) is 51.9 Å². The monoisotopic (exact) mass is 348 g/mol. The van der Waals surface area contributed by atoms with E-state index < -0.39 is 0 Å². The molecular formula is C16H24N6OS. The smallest absolute Gasteiger partial charge is 0.191 e. The first-order valence-electron chi connectivity index (χ1n) is 8.28. The van der Waals surface area contributed by atoms with Crippen LogP contribution in [0.4, 0.5) is 0 Å². The average Bonchev–Trinajstić information content (AvgIpc) is 3.25. The maximum Gasteiger partial charge on any atom is 0.191 e. The Hall–Kier alpha value is -1.96. The van der Waals surface area contributed by atoms with E-state index in [0.717, 1.165) is 62.2 Å². The van der Waals surface area contributed by atoms with Crippen molar-refractivity contribution in [2.75, 3.05) is 25.1 Å². The van der Waals surface area contributed by atoms with Gasteiger partial charge in [-0.1, -0.05) is 0 Å². The van der Waals surface area contributed by atoms with E-state index in [1.807, 2.05) is 16.8 Å². The number of hydrogen-bond donors (Lipinski definition) is 2. The summed E-state index contributed by atoms with van der Waals surface area (Å²) in [6.45, 7) is 2.43. The van der Waals surface area contributed by atoms with Crippen molar-refractivity contribution in [1.82, 2.24) is 25.4 Å². The Bertz CT molecular complexity index is 639. The zero-order valence-corrected chi connectivity index (χ0v) is 14.8. The lowest BCUT2D eigenvalue weighted by molar-refractivity contribution is 0.392. The van der Waals surface area contributed by atoms with Crippen molar-refractivity contribution in [3.8, 4) is 0 Å². The van der Waals surface area contributed by atoms with Gasteiger partial charge in [-0.25, -0.2) is 9.67 Å². The molecule has 0 spiro atoms. The maximum absolute atomic E-state index is 5.37. The SMILES string of the molecule is CSCCN=C(NCCc1ccco1)NC1CCc2ncnn2C1. The lowest BCUT2D eigenvalue weighted by Crippen LogP contribution is -2.47. The summed E-state index contributed by atoms with van der Waals surface area (Å²) in [4.78, 5) is 8.94. The summed E-state index contributed by atoms with van der Waals surface area (Å²) in [7, 11) is 0. The molecule has 2 aromatic rings. The summed E-state index contributed by atoms with van der Waals surface area (Å²) in [5, 5.41) is 11.2. The van der Waals surface area contributed by atoms with Crippen molar-refractivity contribution in [3.63, 3.8) is 0 Å². The summed E-state index contributed by atoms with van der Waals surface area (Å²) in [5.41, 5.74) is 0. The first-order chi connectivity index (χ1) is 11.8. The summed E-state index contributed by atoms with van der Waals surface area (Å²) in [6.07, 6.45) is 8.27. The molecule has 0 aliphatic carbocycles. The van der Waals surface area contributed by atoms with Crippen molar-refractivity contribution in [2.45, 2.75) is 31.8 Å². The number of aliphatic imine (C=N–C) groups is 1. The Balaban J connectivity index is 1.52. The number of furan rings is 1. The van der Waals surface area contributed by atoms with Crippen molar-refractivity contribution in [3.05, 3.63) is 36.3 Å². The van der Waals surface area contributed by atoms with E-state index >= 15 is 0 Å². The van der Waals surface area contributed by atoms with Crippen LogP contribution in [0.5, 0.6) is 0 Å². The summed E-state index contributed by atoms with van der Waals surface area (Å²) < 4.78 is 7.35. The van der Waals surface area contributed by atoms with Gasteiger partial charge in [-0.2, -0.15) is 16.9 Å². The molecular weight excluding hydrogens is 324 g/mol. The molecule has 1 unspecified atom stereocenters. The molecule has 0 saturated carbocycles. The molecule has 0 radical (unpaired) electrons. The van der Waals surface area contributed by atoms with Crippen molar-refractivity contribution in [2.24, 2.45) is 4.99 Å². The molecule has 3 heterocycles. The fourth-order valence-electron chi connectivity index (χ4n) is 2.71. The van der Waals surface area contributed by atoms with Gasteiger partial charge in [0.2, 0.25) is 0 Å². The number of aryl methyl sites for hydroxylation is 1. The van der Waals surface area contributed by atoms with Gasteiger partial charge in [-0.05, 0) is 24.8 Å². The largest absolute Gasteiger partial charge is 0.469 e. The maximum atomic E-state index is 5.37. The molecule has 2 aromatic heterocycles. The van der Waals surface area contributed by atoms with Crippen LogP contribution in [0.2, 0.25) is 0 Å². The van der Waals surface area contributed by atoms with Crippen LogP contribution in [0.15, 0.2) is 34.1 Å². The quantitative estimate of drug-likeness (QED) is 0.446. The second-order valence-electron chi connectivity index (χ2n) is 5.72. The number of aromatic nitrogens is 3. The highest BCUT2D eigenvalue weighted by Gasteiger charge is 2.20. The third-order valence-corrected chi connectivity index (χ3v) is 4.55. The van der Waals surface area contributed by atoms with Crippen LogP contribution < -0.4 is 10.6 Å². The number of hydrogen-bond acceptors (Lipinski definition) is 5. The zero-order valence-electron chi connectivity index (χ0n) is 13.9. The fraction of sp³-hybridized carbons (Fsp3) is 0.562. The van der Waals surface area contributed by atoms with Crippen molar-refractivity contribution >= 4 is 17.7 Å². The summed E-state index contributed by atoms with van der Waals surface area (Å²) in [5.74, 6) is 3.93. The highest BCUT2D eigenvalue weighted by atomic mass is 32.2. The Morgan fingerprint density at radius 3 is 3.33 bits per heavy atom. The van der Waals surface area contributed by atoms with E-state index in [2.05, 4.69) is 32.0 Å². The van der Waals surface area contributed by atoms with E-state index in [-0.39, 0.29) is 0 Å². The van der Waals surface area contributed by atoms with Crippen LogP contribution in [0.3, 0.4) is 0 Å². The Labute approximate surface area is 146 Å².